The molecule has 3 aromatic heterocycles. The number of halogens is 3. The number of aliphatic hydroxyl groups is 1. The molecular formula is C53H57F3N10O7S2. The molecular weight excluding hydrogens is 1010 g/mol. The molecule has 8 rings (SSSR count). The number of benzene rings is 2. The van der Waals surface area contributed by atoms with E-state index < -0.39 is 76.7 Å². The van der Waals surface area contributed by atoms with Crippen molar-refractivity contribution in [2.45, 2.75) is 110 Å². The van der Waals surface area contributed by atoms with Crippen LogP contribution in [0.25, 0.3) is 10.4 Å². The molecule has 6 heterocycles. The highest BCUT2D eigenvalue weighted by molar-refractivity contribution is 7.81. The fourth-order valence-electron chi connectivity index (χ4n) is 9.42. The Balaban J connectivity index is 0.806. The summed E-state index contributed by atoms with van der Waals surface area (Å²) in [5, 5.41) is 25.7. The second-order valence-corrected chi connectivity index (χ2v) is 21.6. The first-order valence-corrected chi connectivity index (χ1v) is 25.6. The van der Waals surface area contributed by atoms with Crippen LogP contribution >= 0.6 is 23.6 Å². The van der Waals surface area contributed by atoms with Crippen molar-refractivity contribution >= 4 is 69.5 Å². The van der Waals surface area contributed by atoms with E-state index in [4.69, 9.17) is 21.7 Å². The quantitative estimate of drug-likeness (QED) is 0.0921. The summed E-state index contributed by atoms with van der Waals surface area (Å²) in [7, 11) is 0. The number of pyridine rings is 2. The highest BCUT2D eigenvalue weighted by atomic mass is 32.1. The van der Waals surface area contributed by atoms with Crippen molar-refractivity contribution in [3.8, 4) is 28.1 Å². The second kappa shape index (κ2) is 21.6. The van der Waals surface area contributed by atoms with Crippen molar-refractivity contribution in [2.75, 3.05) is 40.9 Å². The number of thiazole rings is 1. The summed E-state index contributed by atoms with van der Waals surface area (Å²) in [6.45, 7) is 13.2. The average molecular weight is 1070 g/mol. The van der Waals surface area contributed by atoms with Gasteiger partial charge in [0.05, 0.1) is 69.2 Å². The summed E-state index contributed by atoms with van der Waals surface area (Å²) in [6.07, 6.45) is -1.58. The Morgan fingerprint density at radius 1 is 0.973 bits per heavy atom. The van der Waals surface area contributed by atoms with Gasteiger partial charge in [0.25, 0.3) is 11.8 Å². The lowest BCUT2D eigenvalue weighted by Crippen LogP contribution is -2.58. The number of carbonyl (C=O) groups is 4. The van der Waals surface area contributed by atoms with Gasteiger partial charge in [-0.3, -0.25) is 24.1 Å². The fourth-order valence-corrected chi connectivity index (χ4v) is 10.8. The molecule has 4 amide bonds. The summed E-state index contributed by atoms with van der Waals surface area (Å²) in [5.74, 6) is -0.693. The number of aryl methyl sites for hydroxylation is 1. The van der Waals surface area contributed by atoms with Crippen LogP contribution in [0.2, 0.25) is 0 Å². The lowest BCUT2D eigenvalue weighted by molar-refractivity contribution is -0.144. The maximum Gasteiger partial charge on any atom is 0.417 e. The van der Waals surface area contributed by atoms with Gasteiger partial charge in [0, 0.05) is 45.0 Å². The third kappa shape index (κ3) is 11.7. The molecule has 3 aliphatic rings. The Morgan fingerprint density at radius 3 is 2.28 bits per heavy atom. The van der Waals surface area contributed by atoms with Gasteiger partial charge in [-0.25, -0.2) is 15.0 Å². The van der Waals surface area contributed by atoms with E-state index in [9.17, 15) is 42.7 Å². The summed E-state index contributed by atoms with van der Waals surface area (Å²) in [5.41, 5.74) is 1.24. The molecule has 4 atom stereocenters. The predicted molar refractivity (Wildman–Crippen MR) is 279 cm³/mol. The van der Waals surface area contributed by atoms with Crippen LogP contribution in [-0.4, -0.2) is 110 Å². The van der Waals surface area contributed by atoms with Gasteiger partial charge < -0.3 is 39.9 Å². The van der Waals surface area contributed by atoms with E-state index in [1.807, 2.05) is 38.1 Å². The Kier molecular flexibility index (Phi) is 15.5. The van der Waals surface area contributed by atoms with E-state index in [1.165, 1.54) is 17.2 Å². The number of amides is 4. The van der Waals surface area contributed by atoms with Crippen molar-refractivity contribution in [3.05, 3.63) is 107 Å². The number of aromatic nitrogens is 3. The number of thiocarbonyl (C=S) groups is 1. The van der Waals surface area contributed by atoms with Gasteiger partial charge >= 0.3 is 6.18 Å². The number of alkyl halides is 3. The monoisotopic (exact) mass is 1070 g/mol. The van der Waals surface area contributed by atoms with Gasteiger partial charge in [0.15, 0.2) is 11.7 Å². The lowest BCUT2D eigenvalue weighted by atomic mass is 9.85. The Labute approximate surface area is 441 Å². The normalized spacial score (nSPS) is 18.9. The molecule has 5 aromatic rings. The van der Waals surface area contributed by atoms with Crippen LogP contribution in [0, 0.1) is 23.7 Å². The Morgan fingerprint density at radius 2 is 1.68 bits per heavy atom. The van der Waals surface area contributed by atoms with Crippen molar-refractivity contribution in [2.24, 2.45) is 5.41 Å². The number of nitriles is 1. The number of hydrogen-bond acceptors (Lipinski definition) is 14. The number of rotatable bonds is 14. The molecule has 0 unspecified atom stereocenters. The number of nitrogens with zero attached hydrogens (tertiary/aromatic N) is 8. The third-order valence-corrected chi connectivity index (χ3v) is 14.9. The largest absolute Gasteiger partial charge is 0.482 e. The van der Waals surface area contributed by atoms with Crippen molar-refractivity contribution in [1.82, 2.24) is 30.5 Å². The molecule has 3 aliphatic heterocycles. The minimum atomic E-state index is -4.82. The Bertz CT molecular complexity index is 2990. The van der Waals surface area contributed by atoms with Gasteiger partial charge in [-0.15, -0.1) is 11.3 Å². The Hall–Kier alpha value is -7.22. The van der Waals surface area contributed by atoms with E-state index in [0.29, 0.717) is 49.1 Å². The zero-order valence-electron chi connectivity index (χ0n) is 42.3. The first kappa shape index (κ1) is 54.1. The molecule has 0 bridgehead atoms. The highest BCUT2D eigenvalue weighted by Crippen LogP contribution is 2.40. The smallest absolute Gasteiger partial charge is 0.417 e. The summed E-state index contributed by atoms with van der Waals surface area (Å²) in [6, 6.07) is 16.9. The number of aliphatic hydroxyl groups excluding tert-OH is 1. The van der Waals surface area contributed by atoms with E-state index in [0.717, 1.165) is 38.7 Å². The van der Waals surface area contributed by atoms with Crippen LogP contribution in [0.1, 0.15) is 89.2 Å². The molecule has 0 aliphatic carbocycles. The molecule has 75 heavy (non-hydrogen) atoms. The van der Waals surface area contributed by atoms with Crippen LogP contribution in [-0.2, 0) is 25.4 Å². The summed E-state index contributed by atoms with van der Waals surface area (Å²) >= 11 is 7.23. The second-order valence-electron chi connectivity index (χ2n) is 20.3. The van der Waals surface area contributed by atoms with Crippen molar-refractivity contribution < 1.29 is 46.9 Å². The lowest BCUT2D eigenvalue weighted by Gasteiger charge is -2.35. The minimum Gasteiger partial charge on any atom is -0.482 e. The van der Waals surface area contributed by atoms with Crippen LogP contribution in [0.5, 0.6) is 11.6 Å². The van der Waals surface area contributed by atoms with Crippen LogP contribution in [0.4, 0.5) is 30.4 Å². The standard InChI is InChI=1S/C53H57F3N10O7S2/c1-30(32-8-10-33(11-9-32)45-31(2)60-29-75-45)61-47(69)41-23-37(67)27-64(41)48(70)46(51(3,4)5)62-43(68)28-72-39-15-17-44(59-26-39)73-38-18-20-63(21-19-38)42-16-14-36(25-58-42)66-50(74)65(49(71)52(66,6)7)35-13-12-34(24-57)40(22-35)53(54,55)56/h8-17,22,25-26,29-30,37-38,41,46,67H,18-21,23,27-28H2,1-7H3,(H,61,69)(H,62,68)/t30-,37+,41-,46+/m0/s1. The first-order chi connectivity index (χ1) is 35.4. The van der Waals surface area contributed by atoms with Gasteiger partial charge in [-0.1, -0.05) is 45.0 Å². The molecule has 0 saturated carbocycles. The number of hydrogen-bond donors (Lipinski definition) is 3. The number of carbonyl (C=O) groups excluding carboxylic acids is 4. The molecule has 0 spiro atoms. The van der Waals surface area contributed by atoms with Crippen molar-refractivity contribution in [3.63, 3.8) is 0 Å². The van der Waals surface area contributed by atoms with Crippen LogP contribution in [0.15, 0.2) is 84.6 Å². The van der Waals surface area contributed by atoms with E-state index >= 15 is 0 Å². The van der Waals surface area contributed by atoms with Gasteiger partial charge in [0.1, 0.15) is 35.3 Å². The number of β-amino-alcohol motifs (C(OH)–C–C–N with tert-alkyl or cyclic N) is 1. The number of anilines is 3. The first-order valence-electron chi connectivity index (χ1n) is 24.3. The number of piperidine rings is 1. The van der Waals surface area contributed by atoms with Crippen molar-refractivity contribution in [1.29, 1.82) is 5.26 Å². The van der Waals surface area contributed by atoms with Gasteiger partial charge in [-0.2, -0.15) is 18.4 Å². The van der Waals surface area contributed by atoms with E-state index in [2.05, 4.69) is 30.5 Å². The minimum absolute atomic E-state index is 0.0297. The van der Waals surface area contributed by atoms with E-state index in [1.54, 1.807) is 92.9 Å². The number of ether oxygens (including phenoxy) is 2. The van der Waals surface area contributed by atoms with E-state index in [-0.39, 0.29) is 35.9 Å². The highest BCUT2D eigenvalue weighted by Gasteiger charge is 2.51. The maximum absolute atomic E-state index is 14.2. The zero-order chi connectivity index (χ0) is 54.1. The summed E-state index contributed by atoms with van der Waals surface area (Å²) < 4.78 is 53.3. The zero-order valence-corrected chi connectivity index (χ0v) is 44.0. The van der Waals surface area contributed by atoms with Crippen LogP contribution < -0.4 is 34.8 Å². The predicted octanol–water partition coefficient (Wildman–Crippen LogP) is 7.51. The number of nitrogens with one attached hydrogen (secondary N) is 2. The van der Waals surface area contributed by atoms with Crippen LogP contribution in [0.3, 0.4) is 0 Å². The maximum atomic E-state index is 14.2. The molecule has 17 nitrogen and oxygen atoms in total. The molecule has 394 valence electrons. The molecule has 3 N–H and O–H groups in total. The molecule has 3 saturated heterocycles. The average Bonchev–Trinajstić information content (AvgIpc) is 4.04. The molecule has 2 aromatic carbocycles. The molecule has 0 radical (unpaired) electrons. The fraction of sp³-hybridized carbons (Fsp3) is 0.415. The molecule has 3 fully saturated rings. The summed E-state index contributed by atoms with van der Waals surface area (Å²) in [4.78, 5) is 75.3. The molecule has 22 heteroatoms. The van der Waals surface area contributed by atoms with Gasteiger partial charge in [-0.05, 0) is 92.9 Å². The van der Waals surface area contributed by atoms with Gasteiger partial charge in [0.2, 0.25) is 17.7 Å². The third-order valence-electron chi connectivity index (χ3n) is 13.5. The number of likely N-dealkylation sites (tertiary alicyclic amines) is 1. The topological polar surface area (TPSA) is 206 Å². The SMILES string of the molecule is Cc1ncsc1-c1ccc([C@H](C)NC(=O)[C@@H]2C[C@@H](O)CN2C(=O)[C@@H](NC(=O)COc2ccc(OC3CCN(c4ccc(N5C(=S)N(c6ccc(C#N)c(C(F)(F)F)c6)C(=O)C5(C)C)cn4)CC3)nc2)C(C)(C)C)cc1.